The highest BCUT2D eigenvalue weighted by molar-refractivity contribution is 6.12. The number of halogens is 3. The molecule has 1 aliphatic rings. The van der Waals surface area contributed by atoms with Crippen molar-refractivity contribution in [2.45, 2.75) is 31.5 Å². The molecule has 0 aliphatic carbocycles. The van der Waals surface area contributed by atoms with Gasteiger partial charge in [0.05, 0.1) is 6.54 Å². The molecular formula is C14H18F3N3O7. The molecule has 0 aromatic heterocycles. The molecule has 5 N–H and O–H groups in total. The van der Waals surface area contributed by atoms with Gasteiger partial charge < -0.3 is 21.3 Å². The second-order valence-electron chi connectivity index (χ2n) is 5.12. The van der Waals surface area contributed by atoms with Crippen LogP contribution in [0.1, 0.15) is 19.3 Å². The summed E-state index contributed by atoms with van der Waals surface area (Å²) in [5.74, 6) is -5.15. The lowest BCUT2D eigenvalue weighted by Crippen LogP contribution is -2.43. The van der Waals surface area contributed by atoms with E-state index in [1.165, 1.54) is 12.2 Å². The number of carbonyl (C=O) groups excluding carboxylic acids is 3. The molecule has 0 radical (unpaired) electrons. The molecule has 10 nitrogen and oxygen atoms in total. The highest BCUT2D eigenvalue weighted by Crippen LogP contribution is 2.13. The van der Waals surface area contributed by atoms with Crippen LogP contribution in [0.4, 0.5) is 13.2 Å². The number of nitrogens with two attached hydrogens (primary N) is 1. The zero-order valence-corrected chi connectivity index (χ0v) is 13.9. The number of carboxylic acids is 2. The Labute approximate surface area is 150 Å². The summed E-state index contributed by atoms with van der Waals surface area (Å²) in [6.45, 7) is -0.0337. The summed E-state index contributed by atoms with van der Waals surface area (Å²) >= 11 is 0. The second-order valence-corrected chi connectivity index (χ2v) is 5.12. The van der Waals surface area contributed by atoms with E-state index in [1.807, 2.05) is 0 Å². The highest BCUT2D eigenvalue weighted by Gasteiger charge is 2.38. The van der Waals surface area contributed by atoms with Crippen LogP contribution >= 0.6 is 0 Å². The van der Waals surface area contributed by atoms with Crippen molar-refractivity contribution in [2.75, 3.05) is 13.1 Å². The van der Waals surface area contributed by atoms with Gasteiger partial charge in [0.15, 0.2) is 0 Å². The Kier molecular flexibility index (Phi) is 9.71. The fraction of sp³-hybridized carbons (Fsp3) is 0.500. The minimum Gasteiger partial charge on any atom is -0.480 e. The fourth-order valence-corrected chi connectivity index (χ4v) is 1.78. The van der Waals surface area contributed by atoms with Crippen LogP contribution < -0.4 is 11.1 Å². The van der Waals surface area contributed by atoms with E-state index in [9.17, 15) is 32.3 Å². The van der Waals surface area contributed by atoms with E-state index in [1.54, 1.807) is 0 Å². The molecular weight excluding hydrogens is 379 g/mol. The number of carbonyl (C=O) groups is 5. The van der Waals surface area contributed by atoms with Gasteiger partial charge in [0.1, 0.15) is 6.04 Å². The lowest BCUT2D eigenvalue weighted by molar-refractivity contribution is -0.192. The van der Waals surface area contributed by atoms with E-state index in [4.69, 9.17) is 20.7 Å². The number of aliphatic carboxylic acids is 2. The van der Waals surface area contributed by atoms with Crippen LogP contribution in [0.15, 0.2) is 12.2 Å². The van der Waals surface area contributed by atoms with Crippen molar-refractivity contribution >= 4 is 29.7 Å². The molecule has 0 spiro atoms. The molecule has 27 heavy (non-hydrogen) atoms. The van der Waals surface area contributed by atoms with Gasteiger partial charge in [-0.1, -0.05) is 0 Å². The van der Waals surface area contributed by atoms with Gasteiger partial charge in [0.2, 0.25) is 5.91 Å². The van der Waals surface area contributed by atoms with Gasteiger partial charge in [-0.2, -0.15) is 13.2 Å². The summed E-state index contributed by atoms with van der Waals surface area (Å²) < 4.78 is 31.7. The zero-order valence-electron chi connectivity index (χ0n) is 13.9. The van der Waals surface area contributed by atoms with Crippen molar-refractivity contribution in [3.8, 4) is 0 Å². The molecule has 0 saturated carbocycles. The maximum absolute atomic E-state index is 11.3. The number of nitrogens with zero attached hydrogens (tertiary/aromatic N) is 1. The van der Waals surface area contributed by atoms with Gasteiger partial charge in [-0.25, -0.2) is 9.59 Å². The fourth-order valence-electron chi connectivity index (χ4n) is 1.78. The molecule has 1 aliphatic heterocycles. The lowest BCUT2D eigenvalue weighted by Gasteiger charge is -2.16. The van der Waals surface area contributed by atoms with Crippen molar-refractivity contribution in [3.63, 3.8) is 0 Å². The summed E-state index contributed by atoms with van der Waals surface area (Å²) in [4.78, 5) is 54.5. The Balaban J connectivity index is 0.000000821. The molecule has 0 unspecified atom stereocenters. The first-order valence-electron chi connectivity index (χ1n) is 7.46. The van der Waals surface area contributed by atoms with Crippen LogP contribution in [0.25, 0.3) is 0 Å². The first kappa shape index (κ1) is 24.0. The number of unbranched alkanes of at least 4 members (excludes halogenated alkanes) is 1. The Hall–Kier alpha value is -2.96. The van der Waals surface area contributed by atoms with E-state index in [2.05, 4.69) is 5.32 Å². The number of amides is 3. The molecule has 1 heterocycles. The summed E-state index contributed by atoms with van der Waals surface area (Å²) in [6, 6.07) is -1.01. The molecule has 0 aromatic rings. The molecule has 13 heteroatoms. The Morgan fingerprint density at radius 1 is 1.11 bits per heavy atom. The minimum absolute atomic E-state index is 0.213. The third-order valence-electron chi connectivity index (χ3n) is 3.09. The molecule has 1 rings (SSSR count). The van der Waals surface area contributed by atoms with Crippen molar-refractivity contribution in [3.05, 3.63) is 12.2 Å². The van der Waals surface area contributed by atoms with E-state index >= 15 is 0 Å². The number of alkyl halides is 3. The minimum atomic E-state index is -5.08. The smallest absolute Gasteiger partial charge is 0.480 e. The SMILES string of the molecule is NCC(=O)N[C@@H](CCCCN1C(=O)C=CC1=O)C(=O)O.O=C(O)C(F)(F)F. The topological polar surface area (TPSA) is 167 Å². The molecule has 1 atom stereocenters. The number of nitrogens with one attached hydrogen (secondary N) is 1. The monoisotopic (exact) mass is 397 g/mol. The van der Waals surface area contributed by atoms with Crippen molar-refractivity contribution in [1.82, 2.24) is 10.2 Å². The van der Waals surface area contributed by atoms with Crippen LogP contribution in [0.2, 0.25) is 0 Å². The van der Waals surface area contributed by atoms with Gasteiger partial charge in [-0.15, -0.1) is 0 Å². The van der Waals surface area contributed by atoms with Gasteiger partial charge in [0, 0.05) is 18.7 Å². The maximum Gasteiger partial charge on any atom is 0.490 e. The van der Waals surface area contributed by atoms with E-state index < -0.39 is 30.1 Å². The van der Waals surface area contributed by atoms with Gasteiger partial charge in [-0.05, 0) is 19.3 Å². The van der Waals surface area contributed by atoms with Crippen LogP contribution in [0, 0.1) is 0 Å². The molecule has 0 bridgehead atoms. The standard InChI is InChI=1S/C12H17N3O5.C2HF3O2/c13-7-9(16)14-8(12(19)20)3-1-2-6-15-10(17)4-5-11(15)18;3-2(4,5)1(6)7/h4-5,8H,1-3,6-7,13H2,(H,14,16)(H,19,20);(H,6,7)/t8-;/m0./s1. The first-order chi connectivity index (χ1) is 12.4. The van der Waals surface area contributed by atoms with Gasteiger partial charge in [0.25, 0.3) is 11.8 Å². The average molecular weight is 397 g/mol. The summed E-state index contributed by atoms with van der Waals surface area (Å²) in [5.41, 5.74) is 5.10. The largest absolute Gasteiger partial charge is 0.490 e. The highest BCUT2D eigenvalue weighted by atomic mass is 19.4. The Bertz CT molecular complexity index is 602. The maximum atomic E-state index is 11.3. The van der Waals surface area contributed by atoms with Crippen LogP contribution in [0.5, 0.6) is 0 Å². The van der Waals surface area contributed by atoms with E-state index in [0.717, 1.165) is 4.90 Å². The van der Waals surface area contributed by atoms with E-state index in [0.29, 0.717) is 12.8 Å². The zero-order chi connectivity index (χ0) is 21.2. The number of hydrogen-bond donors (Lipinski definition) is 4. The van der Waals surface area contributed by atoms with Crippen LogP contribution in [0.3, 0.4) is 0 Å². The number of imide groups is 1. The quantitative estimate of drug-likeness (QED) is 0.306. The van der Waals surface area contributed by atoms with E-state index in [-0.39, 0.29) is 31.3 Å². The number of carboxylic acid groups (broad SMARTS) is 2. The number of hydrogen-bond acceptors (Lipinski definition) is 6. The normalized spacial score (nSPS) is 14.4. The number of rotatable bonds is 8. The predicted molar refractivity (Wildman–Crippen MR) is 82.0 cm³/mol. The van der Waals surface area contributed by atoms with Crippen LogP contribution in [-0.2, 0) is 24.0 Å². The predicted octanol–water partition coefficient (Wildman–Crippen LogP) is -0.757. The third-order valence-corrected chi connectivity index (χ3v) is 3.09. The van der Waals surface area contributed by atoms with Crippen molar-refractivity contribution in [1.29, 1.82) is 0 Å². The van der Waals surface area contributed by atoms with Crippen molar-refractivity contribution in [2.24, 2.45) is 5.73 Å². The summed E-state index contributed by atoms with van der Waals surface area (Å²) in [5, 5.41) is 18.3. The Morgan fingerprint density at radius 3 is 1.96 bits per heavy atom. The summed E-state index contributed by atoms with van der Waals surface area (Å²) in [7, 11) is 0. The third kappa shape index (κ3) is 9.34. The Morgan fingerprint density at radius 2 is 1.59 bits per heavy atom. The molecule has 0 aromatic carbocycles. The van der Waals surface area contributed by atoms with Gasteiger partial charge in [-0.3, -0.25) is 19.3 Å². The van der Waals surface area contributed by atoms with Gasteiger partial charge >= 0.3 is 18.1 Å². The molecule has 3 amide bonds. The second kappa shape index (κ2) is 10.9. The lowest BCUT2D eigenvalue weighted by atomic mass is 10.1. The summed E-state index contributed by atoms with van der Waals surface area (Å²) in [6.07, 6.45) is -1.54. The average Bonchev–Trinajstić information content (AvgIpc) is 2.88. The molecule has 0 fully saturated rings. The first-order valence-corrected chi connectivity index (χ1v) is 7.46. The molecule has 152 valence electrons. The van der Waals surface area contributed by atoms with Crippen molar-refractivity contribution < 1.29 is 47.4 Å². The molecule has 0 saturated heterocycles. The van der Waals surface area contributed by atoms with Crippen LogP contribution in [-0.4, -0.2) is 70.1 Å².